The minimum atomic E-state index is 0.712. The zero-order chi connectivity index (χ0) is 14.0. The topological polar surface area (TPSA) is 39.3 Å². The number of piperazine rings is 2. The summed E-state index contributed by atoms with van der Waals surface area (Å²) in [7, 11) is 0. The van der Waals surface area contributed by atoms with E-state index >= 15 is 0 Å². The molecule has 1 saturated carbocycles. The highest BCUT2D eigenvalue weighted by Gasteiger charge is 2.58. The van der Waals surface area contributed by atoms with Gasteiger partial charge in [0.1, 0.15) is 0 Å². The van der Waals surface area contributed by atoms with Gasteiger partial charge in [-0.1, -0.05) is 6.42 Å². The molecule has 5 rings (SSSR count). The summed E-state index contributed by atoms with van der Waals surface area (Å²) < 4.78 is 0. The maximum absolute atomic E-state index is 3.89. The molecule has 5 aliphatic rings. The third-order valence-corrected chi connectivity index (χ3v) is 7.01. The molecule has 118 valence electrons. The molecule has 4 heterocycles. The molecular weight excluding hydrogens is 260 g/mol. The van der Waals surface area contributed by atoms with Crippen molar-refractivity contribution in [3.8, 4) is 0 Å². The first-order chi connectivity index (χ1) is 10.3. The molecule has 0 spiro atoms. The molecule has 0 aromatic carbocycles. The van der Waals surface area contributed by atoms with Crippen molar-refractivity contribution >= 4 is 0 Å². The lowest BCUT2D eigenvalue weighted by molar-refractivity contribution is 0.0801. The van der Waals surface area contributed by atoms with Crippen LogP contribution in [0.5, 0.6) is 0 Å². The van der Waals surface area contributed by atoms with Crippen LogP contribution in [-0.4, -0.2) is 60.8 Å². The third-order valence-electron chi connectivity index (χ3n) is 7.01. The standard InChI is InChI=1S/C17H30N4/c1-10(21-8-11-3-2-4-12(9-21)19-11)5-15-17-14-6-13(14)16(20-17)7-18-15/h10-20H,2-9H2,1H3. The van der Waals surface area contributed by atoms with E-state index in [1.54, 1.807) is 0 Å². The smallest absolute Gasteiger partial charge is 0.0256 e. The highest BCUT2D eigenvalue weighted by molar-refractivity contribution is 5.15. The van der Waals surface area contributed by atoms with Crippen LogP contribution in [0.4, 0.5) is 0 Å². The molecule has 8 unspecified atom stereocenters. The number of fused-ring (bicyclic) bond motifs is 7. The summed E-state index contributed by atoms with van der Waals surface area (Å²) in [5, 5.41) is 11.6. The number of hydrogen-bond acceptors (Lipinski definition) is 4. The minimum Gasteiger partial charge on any atom is -0.311 e. The van der Waals surface area contributed by atoms with E-state index in [0.29, 0.717) is 6.04 Å². The minimum absolute atomic E-state index is 0.712. The fourth-order valence-electron chi connectivity index (χ4n) is 5.78. The van der Waals surface area contributed by atoms with E-state index in [0.717, 1.165) is 42.0 Å². The highest BCUT2D eigenvalue weighted by Crippen LogP contribution is 2.51. The first-order valence-electron chi connectivity index (χ1n) is 9.27. The molecule has 0 aromatic heterocycles. The Morgan fingerprint density at radius 3 is 2.71 bits per heavy atom. The molecule has 4 heteroatoms. The van der Waals surface area contributed by atoms with Gasteiger partial charge in [-0.2, -0.15) is 0 Å². The second kappa shape index (κ2) is 4.92. The van der Waals surface area contributed by atoms with Crippen LogP contribution in [0, 0.1) is 11.8 Å². The van der Waals surface area contributed by atoms with Crippen molar-refractivity contribution in [2.24, 2.45) is 11.8 Å². The first-order valence-corrected chi connectivity index (χ1v) is 9.27. The zero-order valence-electron chi connectivity index (χ0n) is 13.2. The van der Waals surface area contributed by atoms with Gasteiger partial charge >= 0.3 is 0 Å². The second-order valence-electron chi connectivity index (χ2n) is 8.41. The molecule has 0 aromatic rings. The lowest BCUT2D eigenvalue weighted by Crippen LogP contribution is -2.63. The summed E-state index contributed by atoms with van der Waals surface area (Å²) in [5.41, 5.74) is 0. The molecule has 3 N–H and O–H groups in total. The van der Waals surface area contributed by atoms with Crippen LogP contribution in [0.2, 0.25) is 0 Å². The van der Waals surface area contributed by atoms with Gasteiger partial charge < -0.3 is 16.0 Å². The molecule has 0 radical (unpaired) electrons. The molecule has 4 saturated heterocycles. The summed E-state index contributed by atoms with van der Waals surface area (Å²) in [6, 6.07) is 4.54. The molecule has 8 atom stereocenters. The summed E-state index contributed by atoms with van der Waals surface area (Å²) in [6.45, 7) is 6.23. The van der Waals surface area contributed by atoms with Crippen molar-refractivity contribution in [2.45, 2.75) is 75.3 Å². The van der Waals surface area contributed by atoms with Gasteiger partial charge in [-0.15, -0.1) is 0 Å². The molecule has 4 nitrogen and oxygen atoms in total. The van der Waals surface area contributed by atoms with Gasteiger partial charge in [0.15, 0.2) is 0 Å². The van der Waals surface area contributed by atoms with E-state index in [1.807, 2.05) is 0 Å². The van der Waals surface area contributed by atoms with Gasteiger partial charge in [0.25, 0.3) is 0 Å². The Morgan fingerprint density at radius 2 is 1.90 bits per heavy atom. The number of nitrogens with zero attached hydrogens (tertiary/aromatic N) is 1. The Kier molecular flexibility index (Phi) is 3.11. The summed E-state index contributed by atoms with van der Waals surface area (Å²) >= 11 is 0. The van der Waals surface area contributed by atoms with Crippen LogP contribution in [-0.2, 0) is 0 Å². The Hall–Kier alpha value is -0.160. The number of rotatable bonds is 3. The van der Waals surface area contributed by atoms with Crippen molar-refractivity contribution in [1.82, 2.24) is 20.9 Å². The normalized spacial score (nSPS) is 53.3. The van der Waals surface area contributed by atoms with E-state index in [-0.39, 0.29) is 0 Å². The van der Waals surface area contributed by atoms with E-state index in [4.69, 9.17) is 0 Å². The average Bonchev–Trinajstić information content (AvgIpc) is 3.22. The number of piperidine rings is 2. The lowest BCUT2D eigenvalue weighted by atomic mass is 9.91. The molecule has 4 aliphatic heterocycles. The summed E-state index contributed by atoms with van der Waals surface area (Å²) in [4.78, 5) is 2.78. The van der Waals surface area contributed by atoms with Crippen LogP contribution < -0.4 is 16.0 Å². The van der Waals surface area contributed by atoms with Crippen LogP contribution in [0.1, 0.15) is 39.0 Å². The maximum Gasteiger partial charge on any atom is 0.0256 e. The molecule has 21 heavy (non-hydrogen) atoms. The zero-order valence-corrected chi connectivity index (χ0v) is 13.2. The molecular formula is C17H30N4. The molecule has 0 amide bonds. The maximum atomic E-state index is 3.89. The van der Waals surface area contributed by atoms with Crippen LogP contribution in [0.15, 0.2) is 0 Å². The Balaban J connectivity index is 1.22. The van der Waals surface area contributed by atoms with E-state index in [9.17, 15) is 0 Å². The second-order valence-corrected chi connectivity index (χ2v) is 8.41. The third kappa shape index (κ3) is 2.26. The van der Waals surface area contributed by atoms with Crippen molar-refractivity contribution in [3.63, 3.8) is 0 Å². The number of likely N-dealkylation sites (tertiary alicyclic amines) is 1. The van der Waals surface area contributed by atoms with Gasteiger partial charge in [0.05, 0.1) is 0 Å². The van der Waals surface area contributed by atoms with Gasteiger partial charge in [-0.3, -0.25) is 4.90 Å². The van der Waals surface area contributed by atoms with Gasteiger partial charge in [0, 0.05) is 55.9 Å². The van der Waals surface area contributed by atoms with Crippen molar-refractivity contribution in [2.75, 3.05) is 19.6 Å². The first kappa shape index (κ1) is 13.3. The summed E-state index contributed by atoms with van der Waals surface area (Å²) in [6.07, 6.45) is 7.04. The van der Waals surface area contributed by atoms with Gasteiger partial charge in [-0.25, -0.2) is 0 Å². The monoisotopic (exact) mass is 290 g/mol. The number of hydrogen-bond donors (Lipinski definition) is 3. The van der Waals surface area contributed by atoms with Crippen molar-refractivity contribution in [1.29, 1.82) is 0 Å². The quantitative estimate of drug-likeness (QED) is 0.709. The summed E-state index contributed by atoms with van der Waals surface area (Å²) in [5.74, 6) is 2.02. The Bertz CT molecular complexity index is 402. The fourth-order valence-corrected chi connectivity index (χ4v) is 5.78. The lowest BCUT2D eigenvalue weighted by Gasteiger charge is -2.46. The largest absolute Gasteiger partial charge is 0.311 e. The van der Waals surface area contributed by atoms with Crippen LogP contribution in [0.3, 0.4) is 0 Å². The van der Waals surface area contributed by atoms with Crippen molar-refractivity contribution < 1.29 is 0 Å². The van der Waals surface area contributed by atoms with E-state index in [1.165, 1.54) is 51.7 Å². The Labute approximate surface area is 128 Å². The predicted molar refractivity (Wildman–Crippen MR) is 84.3 cm³/mol. The van der Waals surface area contributed by atoms with Gasteiger partial charge in [0.2, 0.25) is 0 Å². The molecule has 1 aliphatic carbocycles. The van der Waals surface area contributed by atoms with Crippen molar-refractivity contribution in [3.05, 3.63) is 0 Å². The Morgan fingerprint density at radius 1 is 1.10 bits per heavy atom. The SMILES string of the molecule is CC(CC1NCC2NC1C1CC21)N1CC2CCCC(C1)N2. The van der Waals surface area contributed by atoms with Crippen LogP contribution in [0.25, 0.3) is 0 Å². The average molecular weight is 290 g/mol. The fraction of sp³-hybridized carbons (Fsp3) is 1.00. The van der Waals surface area contributed by atoms with E-state index < -0.39 is 0 Å². The molecule has 5 fully saturated rings. The van der Waals surface area contributed by atoms with E-state index in [2.05, 4.69) is 27.8 Å². The van der Waals surface area contributed by atoms with Gasteiger partial charge in [-0.05, 0) is 44.4 Å². The number of nitrogens with one attached hydrogen (secondary N) is 3. The molecule has 4 bridgehead atoms. The highest BCUT2D eigenvalue weighted by atomic mass is 15.3. The predicted octanol–water partition coefficient (Wildman–Crippen LogP) is 0.540. The van der Waals surface area contributed by atoms with Crippen LogP contribution >= 0.6 is 0 Å².